The lowest BCUT2D eigenvalue weighted by molar-refractivity contribution is -0.693. The number of ketones is 1. The summed E-state index contributed by atoms with van der Waals surface area (Å²) in [6, 6.07) is 7.76. The second-order valence-electron chi connectivity index (χ2n) is 5.88. The highest BCUT2D eigenvalue weighted by molar-refractivity contribution is 7.11. The maximum absolute atomic E-state index is 12.1. The minimum atomic E-state index is -0.573. The highest BCUT2D eigenvalue weighted by atomic mass is 35.5. The van der Waals surface area contributed by atoms with Gasteiger partial charge in [0.15, 0.2) is 5.78 Å². The molecule has 0 aliphatic heterocycles. The highest BCUT2D eigenvalue weighted by Gasteiger charge is 2.20. The molecule has 132 valence electrons. The fourth-order valence-corrected chi connectivity index (χ4v) is 3.27. The molecular weight excluding hydrogens is 348 g/mol. The van der Waals surface area contributed by atoms with Crippen LogP contribution in [0.25, 0.3) is 0 Å². The summed E-state index contributed by atoms with van der Waals surface area (Å²) >= 11 is 0.962. The van der Waals surface area contributed by atoms with Gasteiger partial charge in [-0.2, -0.15) is 0 Å². The van der Waals surface area contributed by atoms with E-state index in [4.69, 9.17) is 0 Å². The zero-order chi connectivity index (χ0) is 17.0. The zero-order valence-corrected chi connectivity index (χ0v) is 15.6. The standard InChI is InChI=1S/C17H22N2O3S.ClH/c1-10-4-6-13(7-5-10)15(21)11(2)18-9-8-14(20)16-12(3)19-17(22)23-16;/h4-7,11,15,18,21H,8-9H2,1-3H3,(H,19,22);1H. The molecule has 0 spiro atoms. The summed E-state index contributed by atoms with van der Waals surface area (Å²) in [4.78, 5) is 26.3. The Morgan fingerprint density at radius 3 is 2.46 bits per heavy atom. The number of nitrogens with one attached hydrogen (secondary N) is 1. The number of thiazole rings is 1. The maximum Gasteiger partial charge on any atom is 0.305 e. The number of rotatable bonds is 7. The van der Waals surface area contributed by atoms with E-state index in [1.54, 1.807) is 6.92 Å². The summed E-state index contributed by atoms with van der Waals surface area (Å²) in [6.45, 7) is 6.26. The topological polar surface area (TPSA) is 86.8 Å². The van der Waals surface area contributed by atoms with Gasteiger partial charge in [0.25, 0.3) is 0 Å². The first kappa shape index (κ1) is 20.6. The largest absolute Gasteiger partial charge is 1.00 e. The van der Waals surface area contributed by atoms with E-state index in [-0.39, 0.29) is 29.1 Å². The number of carbonyl (C=O) groups excluding carboxylic acids is 1. The Balaban J connectivity index is 0.00000288. The van der Waals surface area contributed by atoms with Crippen molar-refractivity contribution < 1.29 is 27.6 Å². The van der Waals surface area contributed by atoms with Gasteiger partial charge in [0.05, 0.1) is 17.8 Å². The third-order valence-corrected chi connectivity index (χ3v) is 4.93. The van der Waals surface area contributed by atoms with Crippen molar-refractivity contribution >= 4 is 17.1 Å². The highest BCUT2D eigenvalue weighted by Crippen LogP contribution is 2.15. The predicted molar refractivity (Wildman–Crippen MR) is 91.0 cm³/mol. The maximum atomic E-state index is 12.1. The van der Waals surface area contributed by atoms with Gasteiger partial charge in [0.1, 0.15) is 12.1 Å². The number of H-pyrrole nitrogens is 1. The number of aliphatic hydroxyl groups excluding tert-OH is 1. The number of aromatic nitrogens is 1. The molecule has 0 saturated carbocycles. The molecule has 1 heterocycles. The van der Waals surface area contributed by atoms with E-state index in [0.29, 0.717) is 23.5 Å². The van der Waals surface area contributed by atoms with Crippen LogP contribution >= 0.6 is 11.3 Å². The first-order chi connectivity index (χ1) is 10.9. The lowest BCUT2D eigenvalue weighted by Gasteiger charge is -2.17. The molecule has 2 rings (SSSR count). The van der Waals surface area contributed by atoms with E-state index in [2.05, 4.69) is 4.98 Å². The Hall–Kier alpha value is -1.47. The lowest BCUT2D eigenvalue weighted by atomic mass is 10.0. The molecule has 0 radical (unpaired) electrons. The van der Waals surface area contributed by atoms with E-state index < -0.39 is 6.10 Å². The van der Waals surface area contributed by atoms with Gasteiger partial charge in [-0.3, -0.25) is 9.59 Å². The van der Waals surface area contributed by atoms with E-state index in [0.717, 1.165) is 22.5 Å². The number of carbonyl (C=O) groups is 1. The summed E-state index contributed by atoms with van der Waals surface area (Å²) in [5.41, 5.74) is 2.67. The second-order valence-corrected chi connectivity index (χ2v) is 6.86. The molecule has 0 saturated heterocycles. The van der Waals surface area contributed by atoms with Crippen molar-refractivity contribution in [3.8, 4) is 0 Å². The number of nitrogens with two attached hydrogens (primary N) is 1. The number of hydrogen-bond acceptors (Lipinski definition) is 4. The molecule has 2 unspecified atom stereocenters. The number of quaternary nitrogens is 1. The summed E-state index contributed by atoms with van der Waals surface area (Å²) in [5.74, 6) is -0.0286. The number of aliphatic hydroxyl groups is 1. The smallest absolute Gasteiger partial charge is 0.305 e. The fraction of sp³-hybridized carbons (Fsp3) is 0.412. The van der Waals surface area contributed by atoms with E-state index in [1.165, 1.54) is 0 Å². The summed E-state index contributed by atoms with van der Waals surface area (Å²) in [7, 11) is 0. The van der Waals surface area contributed by atoms with Crippen LogP contribution in [0, 0.1) is 13.8 Å². The monoisotopic (exact) mass is 370 g/mol. The third-order valence-electron chi connectivity index (χ3n) is 3.90. The van der Waals surface area contributed by atoms with Crippen molar-refractivity contribution in [2.75, 3.05) is 6.54 Å². The third kappa shape index (κ3) is 5.27. The zero-order valence-electron chi connectivity index (χ0n) is 14.0. The van der Waals surface area contributed by atoms with Crippen molar-refractivity contribution in [3.05, 3.63) is 55.6 Å². The molecule has 1 aromatic carbocycles. The van der Waals surface area contributed by atoms with Gasteiger partial charge in [0.2, 0.25) is 0 Å². The minimum absolute atomic E-state index is 0. The van der Waals surface area contributed by atoms with Gasteiger partial charge in [-0.1, -0.05) is 41.2 Å². The van der Waals surface area contributed by atoms with Crippen LogP contribution in [0.2, 0.25) is 0 Å². The molecule has 2 atom stereocenters. The molecule has 1 aromatic heterocycles. The summed E-state index contributed by atoms with van der Waals surface area (Å²) in [5, 5.41) is 12.3. The van der Waals surface area contributed by atoms with Crippen molar-refractivity contribution in [2.45, 2.75) is 39.3 Å². The Kier molecular flexibility index (Phi) is 7.83. The number of Topliss-reactive ketones (excluding diaryl/α,β-unsaturated/α-hetero) is 1. The number of hydrogen-bond donors (Lipinski definition) is 3. The van der Waals surface area contributed by atoms with Crippen LogP contribution in [0.3, 0.4) is 0 Å². The quantitative estimate of drug-likeness (QED) is 0.509. The molecule has 5 nitrogen and oxygen atoms in total. The van der Waals surface area contributed by atoms with Gasteiger partial charge in [-0.15, -0.1) is 0 Å². The number of benzene rings is 1. The molecule has 0 bridgehead atoms. The van der Waals surface area contributed by atoms with E-state index in [9.17, 15) is 14.7 Å². The molecule has 7 heteroatoms. The van der Waals surface area contributed by atoms with Crippen LogP contribution in [-0.2, 0) is 0 Å². The van der Waals surface area contributed by atoms with Crippen molar-refractivity contribution in [2.24, 2.45) is 0 Å². The summed E-state index contributed by atoms with van der Waals surface area (Å²) < 4.78 is 0. The van der Waals surface area contributed by atoms with Crippen LogP contribution in [0.15, 0.2) is 29.1 Å². The van der Waals surface area contributed by atoms with E-state index in [1.807, 2.05) is 43.4 Å². The molecule has 0 amide bonds. The van der Waals surface area contributed by atoms with Gasteiger partial charge < -0.3 is 27.8 Å². The molecule has 0 fully saturated rings. The second kappa shape index (κ2) is 9.13. The Morgan fingerprint density at radius 2 is 1.92 bits per heavy atom. The molecule has 0 aliphatic carbocycles. The molecule has 4 N–H and O–H groups in total. The Bertz CT molecular complexity index is 724. The van der Waals surface area contributed by atoms with Gasteiger partial charge in [0, 0.05) is 5.69 Å². The van der Waals surface area contributed by atoms with Crippen LogP contribution < -0.4 is 22.6 Å². The van der Waals surface area contributed by atoms with Crippen molar-refractivity contribution in [1.82, 2.24) is 4.98 Å². The predicted octanol–water partition coefficient (Wildman–Crippen LogP) is -1.68. The average Bonchev–Trinajstić information content (AvgIpc) is 2.85. The number of halogens is 1. The fourth-order valence-electron chi connectivity index (χ4n) is 2.46. The van der Waals surface area contributed by atoms with Crippen molar-refractivity contribution in [3.63, 3.8) is 0 Å². The normalized spacial score (nSPS) is 13.2. The van der Waals surface area contributed by atoms with Crippen LogP contribution in [0.5, 0.6) is 0 Å². The average molecular weight is 371 g/mol. The van der Waals surface area contributed by atoms with Crippen LogP contribution in [0.4, 0.5) is 0 Å². The number of aromatic amines is 1. The van der Waals surface area contributed by atoms with Crippen molar-refractivity contribution in [1.29, 1.82) is 0 Å². The SMILES string of the molecule is Cc1ccc(C(O)C(C)[NH2+]CCC(=O)c2sc(=O)[nH]c2C)cc1.[Cl-]. The van der Waals surface area contributed by atoms with Crippen LogP contribution in [0.1, 0.15) is 45.9 Å². The summed E-state index contributed by atoms with van der Waals surface area (Å²) in [6.07, 6.45) is -0.227. The Morgan fingerprint density at radius 1 is 1.29 bits per heavy atom. The van der Waals surface area contributed by atoms with Gasteiger partial charge in [-0.25, -0.2) is 0 Å². The van der Waals surface area contributed by atoms with E-state index >= 15 is 0 Å². The van der Waals surface area contributed by atoms with Crippen LogP contribution in [-0.4, -0.2) is 28.5 Å². The van der Waals surface area contributed by atoms with Gasteiger partial charge in [-0.05, 0) is 26.3 Å². The van der Waals surface area contributed by atoms with Gasteiger partial charge >= 0.3 is 4.87 Å². The number of aryl methyl sites for hydroxylation is 2. The first-order valence-electron chi connectivity index (χ1n) is 7.69. The molecule has 2 aromatic rings. The molecule has 24 heavy (non-hydrogen) atoms. The molecular formula is C17H23ClN2O3S. The minimum Gasteiger partial charge on any atom is -1.00 e. The lowest BCUT2D eigenvalue weighted by Crippen LogP contribution is -3.00. The Labute approximate surface area is 151 Å². The molecule has 0 aliphatic rings. The first-order valence-corrected chi connectivity index (χ1v) is 8.51.